The van der Waals surface area contributed by atoms with E-state index in [1.807, 2.05) is 21.0 Å². The number of ether oxygens (including phenoxy) is 1. The summed E-state index contributed by atoms with van der Waals surface area (Å²) in [5, 5.41) is 13.9. The van der Waals surface area contributed by atoms with Gasteiger partial charge in [-0.15, -0.1) is 10.2 Å². The van der Waals surface area contributed by atoms with Crippen molar-refractivity contribution in [3.8, 4) is 0 Å². The summed E-state index contributed by atoms with van der Waals surface area (Å²) in [6.45, 7) is 4.05. The summed E-state index contributed by atoms with van der Waals surface area (Å²) >= 11 is 0. The number of nitrogens with zero attached hydrogens (tertiary/aromatic N) is 4. The van der Waals surface area contributed by atoms with Gasteiger partial charge in [-0.05, 0) is 63.8 Å². The molecule has 0 saturated heterocycles. The van der Waals surface area contributed by atoms with E-state index in [0.717, 1.165) is 6.07 Å². The van der Waals surface area contributed by atoms with Crippen LogP contribution in [-0.4, -0.2) is 53.8 Å². The van der Waals surface area contributed by atoms with Crippen molar-refractivity contribution in [2.75, 3.05) is 36.2 Å². The van der Waals surface area contributed by atoms with Gasteiger partial charge in [-0.1, -0.05) is 0 Å². The zero-order valence-electron chi connectivity index (χ0n) is 18.8. The van der Waals surface area contributed by atoms with E-state index >= 15 is 0 Å². The molecule has 3 rings (SSSR count). The maximum absolute atomic E-state index is 13.9. The van der Waals surface area contributed by atoms with Crippen molar-refractivity contribution in [2.24, 2.45) is 5.41 Å². The van der Waals surface area contributed by atoms with Crippen molar-refractivity contribution in [1.82, 2.24) is 15.2 Å². The quantitative estimate of drug-likeness (QED) is 0.495. The molecule has 0 unspecified atom stereocenters. The van der Waals surface area contributed by atoms with Crippen LogP contribution in [0.2, 0.25) is 0 Å². The molecule has 2 N–H and O–H groups in total. The van der Waals surface area contributed by atoms with Gasteiger partial charge in [0, 0.05) is 20.1 Å². The van der Waals surface area contributed by atoms with Crippen LogP contribution in [0.3, 0.4) is 0 Å². The number of halogens is 1. The molecule has 2 aromatic heterocycles. The van der Waals surface area contributed by atoms with Gasteiger partial charge in [0.2, 0.25) is 5.95 Å². The van der Waals surface area contributed by atoms with Crippen LogP contribution in [0.5, 0.6) is 0 Å². The highest BCUT2D eigenvalue weighted by atomic mass is 19.1. The number of amides is 1. The lowest BCUT2D eigenvalue weighted by atomic mass is 9.74. The maximum atomic E-state index is 13.9. The molecule has 9 nitrogen and oxygen atoms in total. The molecule has 172 valence electrons. The van der Waals surface area contributed by atoms with Gasteiger partial charge in [-0.3, -0.25) is 9.59 Å². The van der Waals surface area contributed by atoms with Crippen LogP contribution in [0, 0.1) is 11.4 Å². The van der Waals surface area contributed by atoms with Crippen molar-refractivity contribution >= 4 is 29.3 Å². The number of anilines is 3. The van der Waals surface area contributed by atoms with Gasteiger partial charge in [-0.2, -0.15) is 4.39 Å². The van der Waals surface area contributed by atoms with Gasteiger partial charge in [-0.25, -0.2) is 4.98 Å². The molecular formula is C22H29FN6O3. The first kappa shape index (κ1) is 23.4. The van der Waals surface area contributed by atoms with E-state index in [-0.39, 0.29) is 29.2 Å². The minimum atomic E-state index is -0.689. The highest BCUT2D eigenvalue weighted by molar-refractivity contribution is 6.07. The van der Waals surface area contributed by atoms with Crippen molar-refractivity contribution in [3.05, 3.63) is 35.8 Å². The molecule has 10 heteroatoms. The third-order valence-corrected chi connectivity index (χ3v) is 5.65. The van der Waals surface area contributed by atoms with Gasteiger partial charge >= 0.3 is 5.97 Å². The van der Waals surface area contributed by atoms with Crippen LogP contribution in [-0.2, 0) is 9.53 Å². The van der Waals surface area contributed by atoms with Gasteiger partial charge < -0.3 is 20.3 Å². The number of hydrogen-bond acceptors (Lipinski definition) is 8. The zero-order chi connectivity index (χ0) is 23.3. The average Bonchev–Trinajstić information content (AvgIpc) is 2.76. The number of carbonyl (C=O) groups is 2. The highest BCUT2D eigenvalue weighted by Gasteiger charge is 2.39. The van der Waals surface area contributed by atoms with Crippen LogP contribution in [0.4, 0.5) is 21.8 Å². The van der Waals surface area contributed by atoms with E-state index in [2.05, 4.69) is 25.8 Å². The number of aromatic nitrogens is 3. The summed E-state index contributed by atoms with van der Waals surface area (Å²) < 4.78 is 19.0. The number of hydrogen-bond donors (Lipinski definition) is 2. The Balaban J connectivity index is 1.69. The summed E-state index contributed by atoms with van der Waals surface area (Å²) in [6, 6.07) is 5.85. The standard InChI is InChI=1S/C22H29FN6O3/c1-5-32-21(31)22(2)12-10-14(11-13-22)24-19-15(6-7-16(23)25-19)20(30)26-17-8-9-18(28-27-17)29(3)4/h6-9,14H,5,10-13H2,1-4H3,(H,24,25)(H,26,27,30). The van der Waals surface area contributed by atoms with E-state index in [4.69, 9.17) is 4.74 Å². The highest BCUT2D eigenvalue weighted by Crippen LogP contribution is 2.38. The molecule has 0 radical (unpaired) electrons. The molecule has 1 amide bonds. The summed E-state index contributed by atoms with van der Waals surface area (Å²) in [6.07, 6.45) is 2.61. The molecule has 2 heterocycles. The zero-order valence-corrected chi connectivity index (χ0v) is 18.8. The Morgan fingerprint density at radius 3 is 2.50 bits per heavy atom. The smallest absolute Gasteiger partial charge is 0.311 e. The minimum Gasteiger partial charge on any atom is -0.466 e. The fourth-order valence-electron chi connectivity index (χ4n) is 3.64. The van der Waals surface area contributed by atoms with Gasteiger partial charge in [0.25, 0.3) is 5.91 Å². The predicted octanol–water partition coefficient (Wildman–Crippen LogP) is 3.25. The number of esters is 1. The lowest BCUT2D eigenvalue weighted by Crippen LogP contribution is -2.38. The van der Waals surface area contributed by atoms with Crippen molar-refractivity contribution in [3.63, 3.8) is 0 Å². The first-order chi connectivity index (χ1) is 15.2. The lowest BCUT2D eigenvalue weighted by molar-refractivity contribution is -0.156. The van der Waals surface area contributed by atoms with Crippen LogP contribution in [0.1, 0.15) is 49.9 Å². The SMILES string of the molecule is CCOC(=O)C1(C)CCC(Nc2nc(F)ccc2C(=O)Nc2ccc(N(C)C)nn2)CC1. The predicted molar refractivity (Wildman–Crippen MR) is 119 cm³/mol. The molecule has 0 spiro atoms. The Morgan fingerprint density at radius 1 is 1.19 bits per heavy atom. The molecule has 0 aliphatic heterocycles. The van der Waals surface area contributed by atoms with Crippen molar-refractivity contribution in [2.45, 2.75) is 45.6 Å². The second-order valence-electron chi connectivity index (χ2n) is 8.36. The second-order valence-corrected chi connectivity index (χ2v) is 8.36. The molecular weight excluding hydrogens is 415 g/mol. The Kier molecular flexibility index (Phi) is 7.22. The fraction of sp³-hybridized carbons (Fsp3) is 0.500. The summed E-state index contributed by atoms with van der Waals surface area (Å²) in [7, 11) is 3.68. The van der Waals surface area contributed by atoms with Crippen LogP contribution >= 0.6 is 0 Å². The van der Waals surface area contributed by atoms with Crippen LogP contribution < -0.4 is 15.5 Å². The molecule has 1 aliphatic rings. The lowest BCUT2D eigenvalue weighted by Gasteiger charge is -2.35. The summed E-state index contributed by atoms with van der Waals surface area (Å²) in [5.41, 5.74) is -0.329. The molecule has 0 aromatic carbocycles. The average molecular weight is 445 g/mol. The largest absolute Gasteiger partial charge is 0.466 e. The third kappa shape index (κ3) is 5.49. The fourth-order valence-corrected chi connectivity index (χ4v) is 3.64. The van der Waals surface area contributed by atoms with E-state index in [9.17, 15) is 14.0 Å². The third-order valence-electron chi connectivity index (χ3n) is 5.65. The van der Waals surface area contributed by atoms with Crippen LogP contribution in [0.25, 0.3) is 0 Å². The molecule has 1 aliphatic carbocycles. The van der Waals surface area contributed by atoms with Crippen molar-refractivity contribution in [1.29, 1.82) is 0 Å². The molecule has 1 fully saturated rings. The van der Waals surface area contributed by atoms with E-state index < -0.39 is 17.3 Å². The molecule has 0 bridgehead atoms. The molecule has 32 heavy (non-hydrogen) atoms. The first-order valence-corrected chi connectivity index (χ1v) is 10.6. The van der Waals surface area contributed by atoms with Gasteiger partial charge in [0.15, 0.2) is 11.6 Å². The second kappa shape index (κ2) is 9.88. The monoisotopic (exact) mass is 444 g/mol. The number of nitrogens with one attached hydrogen (secondary N) is 2. The number of rotatable bonds is 7. The van der Waals surface area contributed by atoms with Crippen LogP contribution in [0.15, 0.2) is 24.3 Å². The molecule has 2 aromatic rings. The van der Waals surface area contributed by atoms with Gasteiger partial charge in [0.1, 0.15) is 5.82 Å². The normalized spacial score (nSPS) is 20.3. The van der Waals surface area contributed by atoms with E-state index in [1.54, 1.807) is 24.0 Å². The van der Waals surface area contributed by atoms with Crippen molar-refractivity contribution < 1.29 is 18.7 Å². The Hall–Kier alpha value is -3.30. The number of carbonyl (C=O) groups excluding carboxylic acids is 2. The maximum Gasteiger partial charge on any atom is 0.311 e. The summed E-state index contributed by atoms with van der Waals surface area (Å²) in [5.74, 6) is -0.265. The minimum absolute atomic E-state index is 0.0440. The summed E-state index contributed by atoms with van der Waals surface area (Å²) in [4.78, 5) is 30.7. The molecule has 0 atom stereocenters. The topological polar surface area (TPSA) is 109 Å². The van der Waals surface area contributed by atoms with E-state index in [1.165, 1.54) is 6.07 Å². The first-order valence-electron chi connectivity index (χ1n) is 10.6. The van der Waals surface area contributed by atoms with Gasteiger partial charge in [0.05, 0.1) is 17.6 Å². The Labute approximate surface area is 186 Å². The van der Waals surface area contributed by atoms with E-state index in [0.29, 0.717) is 38.1 Å². The Bertz CT molecular complexity index is 959. The number of pyridine rings is 1. The Morgan fingerprint density at radius 2 is 1.91 bits per heavy atom. The molecule has 1 saturated carbocycles.